The van der Waals surface area contributed by atoms with E-state index in [1.54, 1.807) is 55.5 Å². The van der Waals surface area contributed by atoms with E-state index >= 15 is 0 Å². The second-order valence-corrected chi connectivity index (χ2v) is 12.9. The van der Waals surface area contributed by atoms with Crippen LogP contribution in [0.1, 0.15) is 45.2 Å². The number of hydrogen-bond acceptors (Lipinski definition) is 6. The standard InChI is InChI=1S/C32H41N3O5S2/c1-7-24(4)33-32(37)25(5)34(21-26-11-9-10-23(3)20-26)31(36)22-35(27-12-14-28(15-13-27)40-8-2)42(38,39)30-18-16-29(41-6)17-19-30/h9-20,24-25H,7-8,21-22H2,1-6H3,(H,33,37). The fraction of sp³-hybridized carbons (Fsp3) is 0.375. The molecule has 0 radical (unpaired) electrons. The summed E-state index contributed by atoms with van der Waals surface area (Å²) in [6, 6.07) is 19.9. The number of carbonyl (C=O) groups excluding carboxylic acids is 2. The Kier molecular flexibility index (Phi) is 11.9. The zero-order chi connectivity index (χ0) is 30.9. The molecule has 10 heteroatoms. The van der Waals surface area contributed by atoms with Gasteiger partial charge in [0.05, 0.1) is 17.2 Å². The van der Waals surface area contributed by atoms with Crippen LogP contribution in [0.3, 0.4) is 0 Å². The zero-order valence-corrected chi connectivity index (χ0v) is 26.8. The van der Waals surface area contributed by atoms with Crippen molar-refractivity contribution in [3.05, 3.63) is 83.9 Å². The molecule has 0 bridgehead atoms. The van der Waals surface area contributed by atoms with Gasteiger partial charge in [-0.05, 0) is 94.5 Å². The fourth-order valence-corrected chi connectivity index (χ4v) is 6.16. The van der Waals surface area contributed by atoms with E-state index in [0.717, 1.165) is 26.7 Å². The highest BCUT2D eigenvalue weighted by atomic mass is 32.2. The fourth-order valence-electron chi connectivity index (χ4n) is 4.33. The second kappa shape index (κ2) is 15.1. The molecule has 0 heterocycles. The molecule has 3 rings (SSSR count). The summed E-state index contributed by atoms with van der Waals surface area (Å²) in [6.07, 6.45) is 2.65. The number of rotatable bonds is 14. The molecule has 0 spiro atoms. The molecule has 2 unspecified atom stereocenters. The zero-order valence-electron chi connectivity index (χ0n) is 25.2. The first kappa shape index (κ1) is 33.0. The lowest BCUT2D eigenvalue weighted by atomic mass is 10.1. The molecule has 0 fully saturated rings. The summed E-state index contributed by atoms with van der Waals surface area (Å²) in [5.74, 6) is -0.208. The largest absolute Gasteiger partial charge is 0.494 e. The average Bonchev–Trinajstić information content (AvgIpc) is 2.98. The Morgan fingerprint density at radius 2 is 1.64 bits per heavy atom. The van der Waals surface area contributed by atoms with Crippen molar-refractivity contribution in [2.75, 3.05) is 23.7 Å². The molecule has 0 aliphatic carbocycles. The quantitative estimate of drug-likeness (QED) is 0.237. The van der Waals surface area contributed by atoms with E-state index in [0.29, 0.717) is 18.0 Å². The van der Waals surface area contributed by atoms with Crippen molar-refractivity contribution in [3.8, 4) is 5.75 Å². The van der Waals surface area contributed by atoms with Gasteiger partial charge in [-0.1, -0.05) is 36.8 Å². The van der Waals surface area contributed by atoms with E-state index in [4.69, 9.17) is 4.74 Å². The van der Waals surface area contributed by atoms with E-state index in [2.05, 4.69) is 5.32 Å². The highest BCUT2D eigenvalue weighted by Crippen LogP contribution is 2.28. The summed E-state index contributed by atoms with van der Waals surface area (Å²) < 4.78 is 34.7. The van der Waals surface area contributed by atoms with Crippen LogP contribution in [-0.2, 0) is 26.2 Å². The van der Waals surface area contributed by atoms with Crippen LogP contribution >= 0.6 is 11.8 Å². The molecule has 0 aliphatic heterocycles. The Hall–Kier alpha value is -3.50. The molecular weight excluding hydrogens is 571 g/mol. The highest BCUT2D eigenvalue weighted by Gasteiger charge is 2.33. The van der Waals surface area contributed by atoms with Crippen LogP contribution in [0.5, 0.6) is 5.75 Å². The molecule has 0 aromatic heterocycles. The van der Waals surface area contributed by atoms with E-state index in [1.165, 1.54) is 16.7 Å². The van der Waals surface area contributed by atoms with Gasteiger partial charge in [-0.25, -0.2) is 8.42 Å². The van der Waals surface area contributed by atoms with Crippen molar-refractivity contribution in [1.29, 1.82) is 0 Å². The molecule has 3 aromatic carbocycles. The van der Waals surface area contributed by atoms with Gasteiger partial charge in [-0.15, -0.1) is 11.8 Å². The van der Waals surface area contributed by atoms with Crippen LogP contribution in [0.2, 0.25) is 0 Å². The van der Waals surface area contributed by atoms with Crippen LogP contribution in [0.4, 0.5) is 5.69 Å². The molecule has 42 heavy (non-hydrogen) atoms. The topological polar surface area (TPSA) is 96.0 Å². The third-order valence-electron chi connectivity index (χ3n) is 6.97. The summed E-state index contributed by atoms with van der Waals surface area (Å²) in [5, 5.41) is 2.95. The van der Waals surface area contributed by atoms with Gasteiger partial charge in [0.15, 0.2) is 0 Å². The third-order valence-corrected chi connectivity index (χ3v) is 9.50. The number of thioether (sulfide) groups is 1. The number of aryl methyl sites for hydroxylation is 1. The summed E-state index contributed by atoms with van der Waals surface area (Å²) in [6.45, 7) is 9.48. The average molecular weight is 612 g/mol. The van der Waals surface area contributed by atoms with Crippen molar-refractivity contribution in [3.63, 3.8) is 0 Å². The van der Waals surface area contributed by atoms with Crippen molar-refractivity contribution < 1.29 is 22.7 Å². The summed E-state index contributed by atoms with van der Waals surface area (Å²) in [7, 11) is -4.15. The Morgan fingerprint density at radius 3 is 2.21 bits per heavy atom. The number of anilines is 1. The third kappa shape index (κ3) is 8.51. The maximum absolute atomic E-state index is 14.1. The smallest absolute Gasteiger partial charge is 0.264 e. The van der Waals surface area contributed by atoms with E-state index in [-0.39, 0.29) is 23.4 Å². The summed E-state index contributed by atoms with van der Waals surface area (Å²) >= 11 is 1.51. The summed E-state index contributed by atoms with van der Waals surface area (Å²) in [5.41, 5.74) is 2.17. The molecular formula is C32H41N3O5S2. The molecule has 1 N–H and O–H groups in total. The predicted molar refractivity (Wildman–Crippen MR) is 169 cm³/mol. The normalized spacial score (nSPS) is 12.7. The number of benzene rings is 3. The Balaban J connectivity index is 2.03. The maximum atomic E-state index is 14.1. The van der Waals surface area contributed by atoms with Crippen molar-refractivity contribution in [2.24, 2.45) is 0 Å². The molecule has 226 valence electrons. The molecule has 3 aromatic rings. The highest BCUT2D eigenvalue weighted by molar-refractivity contribution is 7.98. The SMILES string of the molecule is CCOc1ccc(N(CC(=O)N(Cc2cccc(C)c2)C(C)C(=O)NC(C)CC)S(=O)(=O)c2ccc(SC)cc2)cc1. The number of hydrogen-bond donors (Lipinski definition) is 1. The van der Waals surface area contributed by atoms with Crippen LogP contribution < -0.4 is 14.4 Å². The van der Waals surface area contributed by atoms with E-state index in [1.807, 2.05) is 58.2 Å². The Morgan fingerprint density at radius 1 is 0.976 bits per heavy atom. The van der Waals surface area contributed by atoms with Gasteiger partial charge in [0.1, 0.15) is 18.3 Å². The predicted octanol–water partition coefficient (Wildman–Crippen LogP) is 5.64. The van der Waals surface area contributed by atoms with Gasteiger partial charge in [0, 0.05) is 17.5 Å². The molecule has 8 nitrogen and oxygen atoms in total. The maximum Gasteiger partial charge on any atom is 0.264 e. The number of carbonyl (C=O) groups is 2. The van der Waals surface area contributed by atoms with Crippen molar-refractivity contribution >= 4 is 39.3 Å². The van der Waals surface area contributed by atoms with Crippen LogP contribution in [-0.4, -0.2) is 56.6 Å². The minimum absolute atomic E-state index is 0.0646. The monoisotopic (exact) mass is 611 g/mol. The summed E-state index contributed by atoms with van der Waals surface area (Å²) in [4.78, 5) is 29.7. The second-order valence-electron chi connectivity index (χ2n) is 10.1. The number of amides is 2. The van der Waals surface area contributed by atoms with Gasteiger partial charge in [0.2, 0.25) is 11.8 Å². The molecule has 2 amide bonds. The number of nitrogens with one attached hydrogen (secondary N) is 1. The number of nitrogens with zero attached hydrogens (tertiary/aromatic N) is 2. The van der Waals surface area contributed by atoms with Gasteiger partial charge in [-0.3, -0.25) is 13.9 Å². The van der Waals surface area contributed by atoms with Gasteiger partial charge < -0.3 is 15.0 Å². The lowest BCUT2D eigenvalue weighted by Gasteiger charge is -2.32. The van der Waals surface area contributed by atoms with Gasteiger partial charge in [0.25, 0.3) is 10.0 Å². The Bertz CT molecular complexity index is 1440. The molecule has 0 saturated heterocycles. The first-order valence-electron chi connectivity index (χ1n) is 14.0. The minimum atomic E-state index is -4.15. The molecule has 0 saturated carbocycles. The van der Waals surface area contributed by atoms with Crippen LogP contribution in [0.25, 0.3) is 0 Å². The van der Waals surface area contributed by atoms with Crippen molar-refractivity contribution in [1.82, 2.24) is 10.2 Å². The number of sulfonamides is 1. The Labute approximate surface area is 254 Å². The molecule has 2 atom stereocenters. The number of ether oxygens (including phenoxy) is 1. The van der Waals surface area contributed by atoms with Gasteiger partial charge >= 0.3 is 0 Å². The van der Waals surface area contributed by atoms with Crippen LogP contribution in [0.15, 0.2) is 82.6 Å². The van der Waals surface area contributed by atoms with E-state index < -0.39 is 28.5 Å². The first-order chi connectivity index (χ1) is 20.0. The first-order valence-corrected chi connectivity index (χ1v) is 16.7. The van der Waals surface area contributed by atoms with Gasteiger partial charge in [-0.2, -0.15) is 0 Å². The molecule has 0 aliphatic rings. The minimum Gasteiger partial charge on any atom is -0.494 e. The van der Waals surface area contributed by atoms with Crippen molar-refractivity contribution in [2.45, 2.75) is 69.5 Å². The lowest BCUT2D eigenvalue weighted by Crippen LogP contribution is -2.52. The lowest BCUT2D eigenvalue weighted by molar-refractivity contribution is -0.139. The van der Waals surface area contributed by atoms with E-state index in [9.17, 15) is 18.0 Å². The van der Waals surface area contributed by atoms with Crippen LogP contribution in [0, 0.1) is 6.92 Å².